The molecule has 1 saturated heterocycles. The molecule has 0 spiro atoms. The van der Waals surface area contributed by atoms with Gasteiger partial charge in [0.05, 0.1) is 11.4 Å². The smallest absolute Gasteiger partial charge is 0.243 e. The second-order valence-corrected chi connectivity index (χ2v) is 11.0. The molecular formula is C27H28N4O4S. The number of ether oxygens (including phenoxy) is 1. The summed E-state index contributed by atoms with van der Waals surface area (Å²) < 4.78 is 34.7. The van der Waals surface area contributed by atoms with Gasteiger partial charge in [0.25, 0.3) is 0 Å². The number of nitrogens with one attached hydrogen (secondary N) is 1. The number of nitrogen functional groups attached to an aromatic ring is 1. The Kier molecular flexibility index (Phi) is 6.51. The summed E-state index contributed by atoms with van der Waals surface area (Å²) in [4.78, 5) is 15.7. The van der Waals surface area contributed by atoms with E-state index < -0.39 is 22.2 Å². The third-order valence-corrected chi connectivity index (χ3v) is 8.63. The standard InChI is InChI=1S/C27H28N4O4S/c28-26(29)20-9-6-10-22(15-20)35-23-16-25(31(18-23)36(33,34)24-11-2-1-3-12-24)27(32)30-14-13-19-7-4-5-8-21(19)17-30/h1-12,15,23,25H,13-14,16-18H2,(H3,28,29)/t23-,25+/m1/s1. The number of amidine groups is 1. The average Bonchev–Trinajstić information content (AvgIpc) is 3.33. The zero-order valence-electron chi connectivity index (χ0n) is 19.7. The molecule has 36 heavy (non-hydrogen) atoms. The number of amides is 1. The second-order valence-electron chi connectivity index (χ2n) is 9.10. The van der Waals surface area contributed by atoms with Gasteiger partial charge in [-0.15, -0.1) is 0 Å². The van der Waals surface area contributed by atoms with Crippen molar-refractivity contribution in [2.75, 3.05) is 13.1 Å². The molecule has 5 rings (SSSR count). The molecular weight excluding hydrogens is 476 g/mol. The number of carbonyl (C=O) groups excluding carboxylic acids is 1. The number of benzene rings is 3. The van der Waals surface area contributed by atoms with Crippen LogP contribution >= 0.6 is 0 Å². The highest BCUT2D eigenvalue weighted by molar-refractivity contribution is 7.89. The molecule has 0 aliphatic carbocycles. The molecule has 1 amide bonds. The van der Waals surface area contributed by atoms with Gasteiger partial charge in [-0.2, -0.15) is 4.31 Å². The summed E-state index contributed by atoms with van der Waals surface area (Å²) in [5.74, 6) is 0.177. The number of nitrogens with zero attached hydrogens (tertiary/aromatic N) is 2. The van der Waals surface area contributed by atoms with Gasteiger partial charge in [0.15, 0.2) is 0 Å². The quantitative estimate of drug-likeness (QED) is 0.396. The van der Waals surface area contributed by atoms with Crippen molar-refractivity contribution >= 4 is 21.8 Å². The fourth-order valence-electron chi connectivity index (χ4n) is 4.90. The van der Waals surface area contributed by atoms with Gasteiger partial charge in [-0.05, 0) is 41.8 Å². The molecule has 0 aromatic heterocycles. The molecule has 8 nitrogen and oxygen atoms in total. The van der Waals surface area contributed by atoms with E-state index in [-0.39, 0.29) is 29.6 Å². The van der Waals surface area contributed by atoms with Crippen molar-refractivity contribution < 1.29 is 17.9 Å². The summed E-state index contributed by atoms with van der Waals surface area (Å²) in [5, 5.41) is 7.66. The van der Waals surface area contributed by atoms with Gasteiger partial charge in [-0.1, -0.05) is 54.6 Å². The van der Waals surface area contributed by atoms with Gasteiger partial charge >= 0.3 is 0 Å². The predicted molar refractivity (Wildman–Crippen MR) is 136 cm³/mol. The fraction of sp³-hybridized carbons (Fsp3) is 0.259. The first-order valence-electron chi connectivity index (χ1n) is 11.9. The lowest BCUT2D eigenvalue weighted by atomic mass is 9.99. The molecule has 0 unspecified atom stereocenters. The van der Waals surface area contributed by atoms with E-state index in [1.165, 1.54) is 9.87 Å². The average molecular weight is 505 g/mol. The minimum absolute atomic E-state index is 0.0440. The minimum atomic E-state index is -3.93. The number of sulfonamides is 1. The Morgan fingerprint density at radius 1 is 0.972 bits per heavy atom. The van der Waals surface area contributed by atoms with Crippen molar-refractivity contribution in [2.45, 2.75) is 36.4 Å². The zero-order valence-corrected chi connectivity index (χ0v) is 20.5. The lowest BCUT2D eigenvalue weighted by Gasteiger charge is -2.33. The number of nitrogens with two attached hydrogens (primary N) is 1. The van der Waals surface area contributed by atoms with Crippen LogP contribution in [0.1, 0.15) is 23.1 Å². The summed E-state index contributed by atoms with van der Waals surface area (Å²) in [6, 6.07) is 22.1. The maximum absolute atomic E-state index is 13.8. The van der Waals surface area contributed by atoms with Gasteiger partial charge < -0.3 is 15.4 Å². The Labute approximate surface area is 210 Å². The van der Waals surface area contributed by atoms with Crippen LogP contribution in [0, 0.1) is 5.41 Å². The Morgan fingerprint density at radius 3 is 2.44 bits per heavy atom. The van der Waals surface area contributed by atoms with E-state index in [1.807, 2.05) is 18.2 Å². The first-order valence-corrected chi connectivity index (χ1v) is 13.3. The first kappa shape index (κ1) is 24.0. The SMILES string of the molecule is N=C(N)c1cccc(O[C@@H]2C[C@@H](C(=O)N3CCc4ccccc4C3)N(S(=O)(=O)c3ccccc3)C2)c1. The van der Waals surface area contributed by atoms with Crippen LogP contribution in [-0.2, 0) is 27.8 Å². The van der Waals surface area contributed by atoms with E-state index in [0.29, 0.717) is 24.4 Å². The molecule has 3 aromatic rings. The molecule has 2 heterocycles. The Bertz CT molecular complexity index is 1390. The van der Waals surface area contributed by atoms with Crippen LogP contribution in [0.4, 0.5) is 0 Å². The van der Waals surface area contributed by atoms with Crippen LogP contribution in [0.5, 0.6) is 5.75 Å². The first-order chi connectivity index (χ1) is 17.3. The second kappa shape index (κ2) is 9.75. The van der Waals surface area contributed by atoms with Crippen LogP contribution in [0.15, 0.2) is 83.8 Å². The highest BCUT2D eigenvalue weighted by atomic mass is 32.2. The van der Waals surface area contributed by atoms with E-state index in [4.69, 9.17) is 15.9 Å². The molecule has 3 N–H and O–H groups in total. The van der Waals surface area contributed by atoms with Crippen LogP contribution < -0.4 is 10.5 Å². The van der Waals surface area contributed by atoms with Crippen molar-refractivity contribution in [2.24, 2.45) is 5.73 Å². The predicted octanol–water partition coefficient (Wildman–Crippen LogP) is 2.77. The Morgan fingerprint density at radius 2 is 1.69 bits per heavy atom. The van der Waals surface area contributed by atoms with Gasteiger partial charge in [0, 0.05) is 25.1 Å². The third-order valence-electron chi connectivity index (χ3n) is 6.74. The molecule has 186 valence electrons. The summed E-state index contributed by atoms with van der Waals surface area (Å²) in [7, 11) is -3.93. The summed E-state index contributed by atoms with van der Waals surface area (Å²) in [5.41, 5.74) is 8.42. The summed E-state index contributed by atoms with van der Waals surface area (Å²) >= 11 is 0. The molecule has 2 aliphatic heterocycles. The topological polar surface area (TPSA) is 117 Å². The molecule has 9 heteroatoms. The minimum Gasteiger partial charge on any atom is -0.489 e. The highest BCUT2D eigenvalue weighted by Gasteiger charge is 2.46. The van der Waals surface area contributed by atoms with E-state index >= 15 is 0 Å². The Balaban J connectivity index is 1.43. The normalized spacial score (nSPS) is 20.1. The molecule has 1 fully saturated rings. The summed E-state index contributed by atoms with van der Waals surface area (Å²) in [6.07, 6.45) is 0.433. The number of carbonyl (C=O) groups is 1. The highest BCUT2D eigenvalue weighted by Crippen LogP contribution is 2.31. The van der Waals surface area contributed by atoms with E-state index in [1.54, 1.807) is 59.5 Å². The van der Waals surface area contributed by atoms with Gasteiger partial charge in [0.2, 0.25) is 15.9 Å². The number of hydrogen-bond acceptors (Lipinski definition) is 5. The van der Waals surface area contributed by atoms with Crippen molar-refractivity contribution in [3.8, 4) is 5.75 Å². The lowest BCUT2D eigenvalue weighted by molar-refractivity contribution is -0.135. The molecule has 2 aliphatic rings. The largest absolute Gasteiger partial charge is 0.489 e. The molecule has 0 bridgehead atoms. The summed E-state index contributed by atoms with van der Waals surface area (Å²) in [6.45, 7) is 1.04. The molecule has 0 radical (unpaired) electrons. The van der Waals surface area contributed by atoms with Gasteiger partial charge in [-0.3, -0.25) is 10.2 Å². The maximum atomic E-state index is 13.8. The lowest BCUT2D eigenvalue weighted by Crippen LogP contribution is -2.49. The Hall–Kier alpha value is -3.69. The maximum Gasteiger partial charge on any atom is 0.243 e. The van der Waals surface area contributed by atoms with E-state index in [0.717, 1.165) is 12.0 Å². The number of rotatable bonds is 6. The fourth-order valence-corrected chi connectivity index (χ4v) is 6.54. The van der Waals surface area contributed by atoms with Crippen molar-refractivity contribution in [1.82, 2.24) is 9.21 Å². The van der Waals surface area contributed by atoms with Crippen LogP contribution in [-0.4, -0.2) is 54.6 Å². The number of fused-ring (bicyclic) bond motifs is 1. The van der Waals surface area contributed by atoms with Gasteiger partial charge in [0.1, 0.15) is 23.7 Å². The number of hydrogen-bond donors (Lipinski definition) is 2. The van der Waals surface area contributed by atoms with Gasteiger partial charge in [-0.25, -0.2) is 8.42 Å². The van der Waals surface area contributed by atoms with E-state index in [2.05, 4.69) is 6.07 Å². The molecule has 2 atom stereocenters. The third kappa shape index (κ3) is 4.72. The molecule has 0 saturated carbocycles. The molecule has 3 aromatic carbocycles. The van der Waals surface area contributed by atoms with Crippen molar-refractivity contribution in [3.63, 3.8) is 0 Å². The monoisotopic (exact) mass is 504 g/mol. The van der Waals surface area contributed by atoms with Crippen LogP contribution in [0.3, 0.4) is 0 Å². The van der Waals surface area contributed by atoms with Crippen molar-refractivity contribution in [1.29, 1.82) is 5.41 Å². The van der Waals surface area contributed by atoms with Crippen molar-refractivity contribution in [3.05, 3.63) is 95.6 Å². The van der Waals surface area contributed by atoms with E-state index in [9.17, 15) is 13.2 Å². The zero-order chi connectivity index (χ0) is 25.3. The van der Waals surface area contributed by atoms with Crippen LogP contribution in [0.2, 0.25) is 0 Å². The van der Waals surface area contributed by atoms with Crippen LogP contribution in [0.25, 0.3) is 0 Å².